The summed E-state index contributed by atoms with van der Waals surface area (Å²) in [5.74, 6) is -0.362. The molecule has 6 nitrogen and oxygen atoms in total. The first-order valence-corrected chi connectivity index (χ1v) is 6.35. The van der Waals surface area contributed by atoms with Gasteiger partial charge in [0, 0.05) is 30.2 Å². The van der Waals surface area contributed by atoms with E-state index in [4.69, 9.17) is 17.3 Å². The lowest BCUT2D eigenvalue weighted by Crippen LogP contribution is -2.45. The van der Waals surface area contributed by atoms with E-state index in [0.29, 0.717) is 13.1 Å². The van der Waals surface area contributed by atoms with Crippen LogP contribution in [0.15, 0.2) is 18.2 Å². The molecule has 0 aromatic heterocycles. The number of carbonyl (C=O) groups excluding carboxylic acids is 1. The fourth-order valence-corrected chi connectivity index (χ4v) is 2.37. The molecule has 0 radical (unpaired) electrons. The molecule has 0 bridgehead atoms. The number of benzene rings is 1. The molecule has 0 saturated carbocycles. The summed E-state index contributed by atoms with van der Waals surface area (Å²) in [6.45, 7) is 1.00. The fourth-order valence-electron chi connectivity index (χ4n) is 2.20. The predicted molar refractivity (Wildman–Crippen MR) is 78.5 cm³/mol. The van der Waals surface area contributed by atoms with Gasteiger partial charge in [-0.25, -0.2) is 0 Å². The van der Waals surface area contributed by atoms with Crippen LogP contribution in [0, 0.1) is 10.1 Å². The van der Waals surface area contributed by atoms with Crippen LogP contribution in [0.3, 0.4) is 0 Å². The maximum atomic E-state index is 12.3. The Labute approximate surface area is 127 Å². The normalized spacial score (nSPS) is 18.3. The standard InChI is InChI=1S/C12H14ClN3O3.ClH/c13-8-3-4-10(11(6-8)16(18)19)12(17)15-5-1-2-9(14)7-15;/h3-4,6,9H,1-2,5,7,14H2;1H/t9-;/m1./s1. The first kappa shape index (κ1) is 16.7. The zero-order chi connectivity index (χ0) is 14.0. The second kappa shape index (κ2) is 6.88. The number of nitrogens with two attached hydrogens (primary N) is 1. The third-order valence-corrected chi connectivity index (χ3v) is 3.37. The van der Waals surface area contributed by atoms with Crippen molar-refractivity contribution in [2.24, 2.45) is 5.73 Å². The van der Waals surface area contributed by atoms with E-state index >= 15 is 0 Å². The highest BCUT2D eigenvalue weighted by Crippen LogP contribution is 2.25. The zero-order valence-electron chi connectivity index (χ0n) is 10.6. The predicted octanol–water partition coefficient (Wildman–Crippen LogP) is 2.23. The zero-order valence-corrected chi connectivity index (χ0v) is 12.2. The number of nitrogens with zero attached hydrogens (tertiary/aromatic N) is 2. The van der Waals surface area contributed by atoms with E-state index in [2.05, 4.69) is 0 Å². The van der Waals surface area contributed by atoms with E-state index in [1.165, 1.54) is 18.2 Å². The van der Waals surface area contributed by atoms with Gasteiger partial charge in [-0.15, -0.1) is 12.4 Å². The minimum absolute atomic E-state index is 0. The van der Waals surface area contributed by atoms with Crippen molar-refractivity contribution in [1.29, 1.82) is 0 Å². The number of carbonyl (C=O) groups is 1. The van der Waals surface area contributed by atoms with E-state index in [9.17, 15) is 14.9 Å². The molecule has 0 spiro atoms. The molecule has 0 unspecified atom stereocenters. The average molecular weight is 320 g/mol. The summed E-state index contributed by atoms with van der Waals surface area (Å²) in [4.78, 5) is 24.2. The average Bonchev–Trinajstić information content (AvgIpc) is 2.37. The Morgan fingerprint density at radius 2 is 2.20 bits per heavy atom. The molecule has 2 rings (SSSR count). The monoisotopic (exact) mass is 319 g/mol. The van der Waals surface area contributed by atoms with E-state index in [-0.39, 0.29) is 40.6 Å². The van der Waals surface area contributed by atoms with Crippen LogP contribution in [-0.4, -0.2) is 34.9 Å². The van der Waals surface area contributed by atoms with Gasteiger partial charge >= 0.3 is 0 Å². The second-order valence-corrected chi connectivity index (χ2v) is 5.01. The van der Waals surface area contributed by atoms with Crippen LogP contribution < -0.4 is 5.73 Å². The van der Waals surface area contributed by atoms with Crippen molar-refractivity contribution >= 4 is 35.6 Å². The topological polar surface area (TPSA) is 89.5 Å². The molecule has 1 aliphatic rings. The number of hydrogen-bond acceptors (Lipinski definition) is 4. The van der Waals surface area contributed by atoms with E-state index in [1.54, 1.807) is 4.90 Å². The van der Waals surface area contributed by atoms with Crippen LogP contribution >= 0.6 is 24.0 Å². The lowest BCUT2D eigenvalue weighted by atomic mass is 10.0. The Hall–Kier alpha value is -1.37. The molecule has 1 aliphatic heterocycles. The van der Waals surface area contributed by atoms with Crippen LogP contribution in [0.25, 0.3) is 0 Å². The second-order valence-electron chi connectivity index (χ2n) is 4.57. The minimum Gasteiger partial charge on any atom is -0.337 e. The quantitative estimate of drug-likeness (QED) is 0.668. The molecule has 1 heterocycles. The van der Waals surface area contributed by atoms with Crippen molar-refractivity contribution in [3.8, 4) is 0 Å². The highest BCUT2D eigenvalue weighted by atomic mass is 35.5. The number of likely N-dealkylation sites (tertiary alicyclic amines) is 1. The first-order chi connectivity index (χ1) is 8.99. The van der Waals surface area contributed by atoms with Gasteiger partial charge < -0.3 is 10.6 Å². The van der Waals surface area contributed by atoms with Crippen LogP contribution in [0.1, 0.15) is 23.2 Å². The maximum Gasteiger partial charge on any atom is 0.283 e. The summed E-state index contributed by atoms with van der Waals surface area (Å²) >= 11 is 5.73. The molecule has 20 heavy (non-hydrogen) atoms. The molecular weight excluding hydrogens is 305 g/mol. The number of hydrogen-bond donors (Lipinski definition) is 1. The Morgan fingerprint density at radius 3 is 2.80 bits per heavy atom. The van der Waals surface area contributed by atoms with E-state index in [0.717, 1.165) is 12.8 Å². The maximum absolute atomic E-state index is 12.3. The summed E-state index contributed by atoms with van der Waals surface area (Å²) in [6, 6.07) is 4.00. The highest BCUT2D eigenvalue weighted by molar-refractivity contribution is 6.31. The van der Waals surface area contributed by atoms with Crippen LogP contribution in [0.2, 0.25) is 5.02 Å². The van der Waals surface area contributed by atoms with E-state index in [1.807, 2.05) is 0 Å². The van der Waals surface area contributed by atoms with Crippen LogP contribution in [-0.2, 0) is 0 Å². The molecule has 1 aromatic carbocycles. The Kier molecular flexibility index (Phi) is 5.74. The molecule has 0 aliphatic carbocycles. The lowest BCUT2D eigenvalue weighted by Gasteiger charge is -2.30. The number of amides is 1. The highest BCUT2D eigenvalue weighted by Gasteiger charge is 2.27. The van der Waals surface area contributed by atoms with Crippen molar-refractivity contribution in [3.05, 3.63) is 38.9 Å². The van der Waals surface area contributed by atoms with Crippen molar-refractivity contribution in [1.82, 2.24) is 4.90 Å². The van der Waals surface area contributed by atoms with Gasteiger partial charge in [-0.05, 0) is 25.0 Å². The molecule has 1 atom stereocenters. The van der Waals surface area contributed by atoms with Gasteiger partial charge in [-0.2, -0.15) is 0 Å². The SMILES string of the molecule is Cl.N[C@@H]1CCCN(C(=O)c2ccc(Cl)cc2[N+](=O)[O-])C1. The third kappa shape index (κ3) is 3.59. The third-order valence-electron chi connectivity index (χ3n) is 3.13. The van der Waals surface area contributed by atoms with Crippen molar-refractivity contribution < 1.29 is 9.72 Å². The molecule has 1 saturated heterocycles. The number of halogens is 2. The van der Waals surface area contributed by atoms with Crippen LogP contribution in [0.5, 0.6) is 0 Å². The summed E-state index contributed by atoms with van der Waals surface area (Å²) in [6.07, 6.45) is 1.68. The Bertz CT molecular complexity index is 525. The largest absolute Gasteiger partial charge is 0.337 e. The minimum atomic E-state index is -0.594. The van der Waals surface area contributed by atoms with Gasteiger partial charge in [-0.1, -0.05) is 11.6 Å². The summed E-state index contributed by atoms with van der Waals surface area (Å²) in [5, 5.41) is 11.2. The van der Waals surface area contributed by atoms with Gasteiger partial charge in [-0.3, -0.25) is 14.9 Å². The smallest absolute Gasteiger partial charge is 0.283 e. The van der Waals surface area contributed by atoms with Crippen molar-refractivity contribution in [3.63, 3.8) is 0 Å². The van der Waals surface area contributed by atoms with Crippen molar-refractivity contribution in [2.45, 2.75) is 18.9 Å². The Balaban J connectivity index is 0.00000200. The first-order valence-electron chi connectivity index (χ1n) is 5.98. The molecule has 2 N–H and O–H groups in total. The number of piperidine rings is 1. The fraction of sp³-hybridized carbons (Fsp3) is 0.417. The molecule has 8 heteroatoms. The molecular formula is C12H15Cl2N3O3. The van der Waals surface area contributed by atoms with E-state index < -0.39 is 4.92 Å². The van der Waals surface area contributed by atoms with Gasteiger partial charge in [0.05, 0.1) is 4.92 Å². The van der Waals surface area contributed by atoms with Crippen LogP contribution in [0.4, 0.5) is 5.69 Å². The molecule has 1 aromatic rings. The molecule has 110 valence electrons. The summed E-state index contributed by atoms with van der Waals surface area (Å²) in [7, 11) is 0. The van der Waals surface area contributed by atoms with Gasteiger partial charge in [0.15, 0.2) is 0 Å². The van der Waals surface area contributed by atoms with Gasteiger partial charge in [0.2, 0.25) is 0 Å². The number of nitro groups is 1. The number of nitro benzene ring substituents is 1. The Morgan fingerprint density at radius 1 is 1.50 bits per heavy atom. The van der Waals surface area contributed by atoms with Gasteiger partial charge in [0.1, 0.15) is 5.56 Å². The molecule has 1 amide bonds. The summed E-state index contributed by atoms with van der Waals surface area (Å²) < 4.78 is 0. The van der Waals surface area contributed by atoms with Gasteiger partial charge in [0.25, 0.3) is 11.6 Å². The summed E-state index contributed by atoms with van der Waals surface area (Å²) in [5.41, 5.74) is 5.61. The van der Waals surface area contributed by atoms with Crippen molar-refractivity contribution in [2.75, 3.05) is 13.1 Å². The molecule has 1 fully saturated rings. The number of rotatable bonds is 2. The lowest BCUT2D eigenvalue weighted by molar-refractivity contribution is -0.385.